The first kappa shape index (κ1) is 10.5. The van der Waals surface area contributed by atoms with Crippen LogP contribution in [0.2, 0.25) is 0 Å². The summed E-state index contributed by atoms with van der Waals surface area (Å²) in [5.41, 5.74) is 11.2. The highest BCUT2D eigenvalue weighted by Gasteiger charge is 1.99. The molecule has 0 bridgehead atoms. The van der Waals surface area contributed by atoms with Crippen LogP contribution in [0.15, 0.2) is 12.4 Å². The van der Waals surface area contributed by atoms with E-state index in [9.17, 15) is 4.79 Å². The fourth-order valence-electron chi connectivity index (χ4n) is 1.04. The van der Waals surface area contributed by atoms with Gasteiger partial charge in [-0.1, -0.05) is 0 Å². The summed E-state index contributed by atoms with van der Waals surface area (Å²) >= 11 is 0. The van der Waals surface area contributed by atoms with Crippen molar-refractivity contribution in [2.45, 2.75) is 13.0 Å². The van der Waals surface area contributed by atoms with Crippen molar-refractivity contribution in [1.29, 1.82) is 0 Å². The maximum atomic E-state index is 10.6. The normalized spacial score (nSPS) is 10.1. The Balaban J connectivity index is 2.38. The summed E-state index contributed by atoms with van der Waals surface area (Å²) < 4.78 is 1.49. The van der Waals surface area contributed by atoms with Gasteiger partial charge in [-0.3, -0.25) is 9.48 Å². The van der Waals surface area contributed by atoms with E-state index < -0.39 is 5.91 Å². The van der Waals surface area contributed by atoms with Gasteiger partial charge in [0.15, 0.2) is 0 Å². The average Bonchev–Trinajstić information content (AvgIpc) is 2.52. The van der Waals surface area contributed by atoms with Crippen LogP contribution in [-0.2, 0) is 11.3 Å². The predicted octanol–water partition coefficient (Wildman–Crippen LogP) is -0.871. The third-order valence-electron chi connectivity index (χ3n) is 1.66. The number of carbonyl (C=O) groups excluding carboxylic acids is 1. The van der Waals surface area contributed by atoms with Crippen molar-refractivity contribution < 1.29 is 4.79 Å². The molecular formula is C8H15N5O. The first-order valence-corrected chi connectivity index (χ1v) is 4.47. The lowest BCUT2D eigenvalue weighted by molar-refractivity contribution is -0.118. The summed E-state index contributed by atoms with van der Waals surface area (Å²) in [6.07, 6.45) is 4.29. The van der Waals surface area contributed by atoms with Gasteiger partial charge in [0.1, 0.15) is 6.54 Å². The van der Waals surface area contributed by atoms with Crippen LogP contribution >= 0.6 is 0 Å². The Kier molecular flexibility index (Phi) is 3.93. The second-order valence-corrected chi connectivity index (χ2v) is 2.96. The van der Waals surface area contributed by atoms with E-state index in [1.807, 2.05) is 0 Å². The summed E-state index contributed by atoms with van der Waals surface area (Å²) in [5, 5.41) is 7.08. The van der Waals surface area contributed by atoms with Crippen LogP contribution in [-0.4, -0.2) is 28.8 Å². The van der Waals surface area contributed by atoms with Crippen LogP contribution in [0.4, 0.5) is 5.69 Å². The quantitative estimate of drug-likeness (QED) is 0.516. The second kappa shape index (κ2) is 5.23. The number of primary amides is 1. The van der Waals surface area contributed by atoms with E-state index in [0.717, 1.165) is 18.7 Å². The number of hydrogen-bond acceptors (Lipinski definition) is 4. The van der Waals surface area contributed by atoms with E-state index in [2.05, 4.69) is 10.4 Å². The van der Waals surface area contributed by atoms with Crippen molar-refractivity contribution in [3.05, 3.63) is 12.4 Å². The average molecular weight is 197 g/mol. The fourth-order valence-corrected chi connectivity index (χ4v) is 1.04. The van der Waals surface area contributed by atoms with Gasteiger partial charge < -0.3 is 16.8 Å². The topological polar surface area (TPSA) is 99.0 Å². The maximum Gasteiger partial charge on any atom is 0.239 e. The Hall–Kier alpha value is -1.56. The van der Waals surface area contributed by atoms with Crippen LogP contribution in [0.25, 0.3) is 0 Å². The van der Waals surface area contributed by atoms with Crippen molar-refractivity contribution in [3.63, 3.8) is 0 Å². The lowest BCUT2D eigenvalue weighted by Gasteiger charge is -2.00. The molecule has 0 unspecified atom stereocenters. The molecule has 0 aliphatic rings. The molecule has 6 nitrogen and oxygen atoms in total. The van der Waals surface area contributed by atoms with Gasteiger partial charge in [-0.05, 0) is 13.0 Å². The lowest BCUT2D eigenvalue weighted by atomic mass is 10.4. The van der Waals surface area contributed by atoms with Crippen molar-refractivity contribution >= 4 is 11.6 Å². The second-order valence-electron chi connectivity index (χ2n) is 2.96. The van der Waals surface area contributed by atoms with Crippen LogP contribution in [0.3, 0.4) is 0 Å². The zero-order valence-electron chi connectivity index (χ0n) is 7.94. The monoisotopic (exact) mass is 197 g/mol. The van der Waals surface area contributed by atoms with Gasteiger partial charge in [0, 0.05) is 12.7 Å². The van der Waals surface area contributed by atoms with Gasteiger partial charge in [0.2, 0.25) is 5.91 Å². The number of anilines is 1. The fraction of sp³-hybridized carbons (Fsp3) is 0.500. The van der Waals surface area contributed by atoms with Gasteiger partial charge in [-0.25, -0.2) is 0 Å². The highest BCUT2D eigenvalue weighted by molar-refractivity contribution is 5.73. The summed E-state index contributed by atoms with van der Waals surface area (Å²) in [6, 6.07) is 0. The van der Waals surface area contributed by atoms with E-state index in [-0.39, 0.29) is 6.54 Å². The van der Waals surface area contributed by atoms with Gasteiger partial charge in [0.05, 0.1) is 11.9 Å². The molecule has 1 amide bonds. The lowest BCUT2D eigenvalue weighted by Crippen LogP contribution is -2.18. The highest BCUT2D eigenvalue weighted by atomic mass is 16.1. The molecule has 0 spiro atoms. The molecule has 1 aromatic heterocycles. The minimum absolute atomic E-state index is 0.110. The molecule has 0 atom stereocenters. The molecule has 5 N–H and O–H groups in total. The summed E-state index contributed by atoms with van der Waals surface area (Å²) in [5.74, 6) is -0.401. The minimum atomic E-state index is -0.401. The number of aromatic nitrogens is 2. The number of nitrogens with two attached hydrogens (primary N) is 2. The number of nitrogens with zero attached hydrogens (tertiary/aromatic N) is 2. The summed E-state index contributed by atoms with van der Waals surface area (Å²) in [4.78, 5) is 10.6. The molecule has 14 heavy (non-hydrogen) atoms. The Bertz CT molecular complexity index is 296. The standard InChI is InChI=1S/C8H15N5O/c9-2-1-3-11-7-4-12-13(5-7)6-8(10)14/h4-5,11H,1-3,6,9H2,(H2,10,14). The van der Waals surface area contributed by atoms with Gasteiger partial charge in [0.25, 0.3) is 0 Å². The number of carbonyl (C=O) groups is 1. The molecule has 1 heterocycles. The SMILES string of the molecule is NCCCNc1cnn(CC(N)=O)c1. The summed E-state index contributed by atoms with van der Waals surface area (Å²) in [7, 11) is 0. The van der Waals surface area contributed by atoms with Crippen LogP contribution < -0.4 is 16.8 Å². The molecule has 1 aromatic rings. The Morgan fingerprint density at radius 3 is 3.07 bits per heavy atom. The molecule has 0 saturated heterocycles. The zero-order chi connectivity index (χ0) is 10.4. The third kappa shape index (κ3) is 3.44. The van der Waals surface area contributed by atoms with Gasteiger partial charge >= 0.3 is 0 Å². The van der Waals surface area contributed by atoms with E-state index in [1.54, 1.807) is 12.4 Å². The predicted molar refractivity (Wildman–Crippen MR) is 53.6 cm³/mol. The third-order valence-corrected chi connectivity index (χ3v) is 1.66. The molecule has 0 fully saturated rings. The molecule has 0 radical (unpaired) electrons. The molecule has 1 rings (SSSR count). The van der Waals surface area contributed by atoms with Gasteiger partial charge in [-0.2, -0.15) is 5.10 Å². The highest BCUT2D eigenvalue weighted by Crippen LogP contribution is 2.03. The molecule has 0 aliphatic heterocycles. The Morgan fingerprint density at radius 2 is 2.43 bits per heavy atom. The van der Waals surface area contributed by atoms with Gasteiger partial charge in [-0.15, -0.1) is 0 Å². The first-order valence-electron chi connectivity index (χ1n) is 4.47. The molecule has 0 aliphatic carbocycles. The number of hydrogen-bond donors (Lipinski definition) is 3. The smallest absolute Gasteiger partial charge is 0.239 e. The maximum absolute atomic E-state index is 10.6. The van der Waals surface area contributed by atoms with Crippen molar-refractivity contribution in [3.8, 4) is 0 Å². The molecule has 6 heteroatoms. The largest absolute Gasteiger partial charge is 0.382 e. The Morgan fingerprint density at radius 1 is 1.64 bits per heavy atom. The van der Waals surface area contributed by atoms with E-state index in [1.165, 1.54) is 4.68 Å². The molecule has 0 aromatic carbocycles. The van der Waals surface area contributed by atoms with Crippen molar-refractivity contribution in [1.82, 2.24) is 9.78 Å². The summed E-state index contributed by atoms with van der Waals surface area (Å²) in [6.45, 7) is 1.57. The van der Waals surface area contributed by atoms with Crippen molar-refractivity contribution in [2.24, 2.45) is 11.5 Å². The van der Waals surface area contributed by atoms with Crippen LogP contribution in [0.1, 0.15) is 6.42 Å². The molecule has 0 saturated carbocycles. The van der Waals surface area contributed by atoms with E-state index in [0.29, 0.717) is 6.54 Å². The zero-order valence-corrected chi connectivity index (χ0v) is 7.94. The van der Waals surface area contributed by atoms with E-state index >= 15 is 0 Å². The number of amides is 1. The Labute approximate surface area is 82.3 Å². The number of nitrogens with one attached hydrogen (secondary N) is 1. The van der Waals surface area contributed by atoms with E-state index in [4.69, 9.17) is 11.5 Å². The minimum Gasteiger partial charge on any atom is -0.382 e. The van der Waals surface area contributed by atoms with Crippen molar-refractivity contribution in [2.75, 3.05) is 18.4 Å². The van der Waals surface area contributed by atoms with Crippen LogP contribution in [0, 0.1) is 0 Å². The molecule has 78 valence electrons. The molecular weight excluding hydrogens is 182 g/mol. The number of rotatable bonds is 6. The van der Waals surface area contributed by atoms with Crippen LogP contribution in [0.5, 0.6) is 0 Å². The first-order chi connectivity index (χ1) is 6.72.